The lowest BCUT2D eigenvalue weighted by Crippen LogP contribution is -2.47. The van der Waals surface area contributed by atoms with Gasteiger partial charge in [-0.25, -0.2) is 0 Å². The average molecular weight is 133 g/mol. The van der Waals surface area contributed by atoms with E-state index in [1.54, 1.807) is 0 Å². The molecule has 1 heterocycles. The van der Waals surface area contributed by atoms with Gasteiger partial charge in [0.25, 0.3) is 0 Å². The normalized spacial score (nSPS) is 46.5. The summed E-state index contributed by atoms with van der Waals surface area (Å²) < 4.78 is 0. The highest BCUT2D eigenvalue weighted by molar-refractivity contribution is 8.64. The standard InChI is InChI=1S/C7H17S/c1-8(2,3,4)6-5-7-8/h5H,6-7H2,1-4H3. The molecule has 51 valence electrons. The predicted molar refractivity (Wildman–Crippen MR) is 45.3 cm³/mol. The van der Waals surface area contributed by atoms with Crippen LogP contribution in [0.4, 0.5) is 0 Å². The lowest BCUT2D eigenvalue weighted by Gasteiger charge is -2.76. The van der Waals surface area contributed by atoms with Gasteiger partial charge >= 0.3 is 0 Å². The van der Waals surface area contributed by atoms with Crippen LogP contribution in [0.5, 0.6) is 0 Å². The average Bonchev–Trinajstić information content (AvgIpc) is 1.26. The summed E-state index contributed by atoms with van der Waals surface area (Å²) in [6, 6.07) is 0. The van der Waals surface area contributed by atoms with Crippen molar-refractivity contribution < 1.29 is 0 Å². The molecule has 0 aromatic rings. The van der Waals surface area contributed by atoms with Crippen molar-refractivity contribution in [3.05, 3.63) is 6.42 Å². The molecular weight excluding hydrogens is 116 g/mol. The van der Waals surface area contributed by atoms with Crippen molar-refractivity contribution in [2.75, 3.05) is 36.5 Å². The third-order valence-corrected chi connectivity index (χ3v) is 5.41. The molecule has 1 rings (SSSR count). The van der Waals surface area contributed by atoms with Crippen LogP contribution in [0.2, 0.25) is 0 Å². The van der Waals surface area contributed by atoms with Crippen LogP contribution in [-0.4, -0.2) is 36.5 Å². The first kappa shape index (κ1) is 6.47. The van der Waals surface area contributed by atoms with E-state index in [0.29, 0.717) is 0 Å². The predicted octanol–water partition coefficient (Wildman–Crippen LogP) is 1.60. The summed E-state index contributed by atoms with van der Waals surface area (Å²) in [5.41, 5.74) is 0. The fourth-order valence-corrected chi connectivity index (χ4v) is 3.18. The Kier molecular flexibility index (Phi) is 0.712. The Hall–Kier alpha value is 0.350. The lowest BCUT2D eigenvalue weighted by molar-refractivity contribution is 1.23. The van der Waals surface area contributed by atoms with E-state index in [0.717, 1.165) is 0 Å². The second-order valence-corrected chi connectivity index (χ2v) is 16.2. The van der Waals surface area contributed by atoms with E-state index in [9.17, 15) is 0 Å². The molecule has 1 radical (unpaired) electrons. The number of rotatable bonds is 0. The smallest absolute Gasteiger partial charge is 0.0243 e. The van der Waals surface area contributed by atoms with E-state index in [2.05, 4.69) is 31.4 Å². The molecule has 0 aromatic heterocycles. The van der Waals surface area contributed by atoms with Crippen molar-refractivity contribution in [2.24, 2.45) is 0 Å². The summed E-state index contributed by atoms with van der Waals surface area (Å²) >= 11 is 0. The van der Waals surface area contributed by atoms with Gasteiger partial charge < -0.3 is 0 Å². The largest absolute Gasteiger partial charge is 0.283 e. The highest BCUT2D eigenvalue weighted by Crippen LogP contribution is 2.84. The minimum atomic E-state index is -1.38. The summed E-state index contributed by atoms with van der Waals surface area (Å²) in [5.74, 6) is 2.75. The summed E-state index contributed by atoms with van der Waals surface area (Å²) in [4.78, 5) is 0. The Balaban J connectivity index is 2.91. The minimum absolute atomic E-state index is 1.38. The third-order valence-electron chi connectivity index (χ3n) is 1.80. The summed E-state index contributed by atoms with van der Waals surface area (Å²) in [7, 11) is -1.38. The molecule has 1 aliphatic rings. The molecule has 0 spiro atoms. The van der Waals surface area contributed by atoms with Gasteiger partial charge in [0, 0.05) is 0 Å². The lowest BCUT2D eigenvalue weighted by atomic mass is 10.5. The Labute approximate surface area is 51.9 Å². The fraction of sp³-hybridized carbons (Fsp3) is 0.857. The van der Waals surface area contributed by atoms with E-state index < -0.39 is 8.29 Å². The molecule has 1 aliphatic heterocycles. The second-order valence-electron chi connectivity index (χ2n) is 5.59. The molecule has 0 aromatic carbocycles. The third kappa shape index (κ3) is 1.19. The van der Waals surface area contributed by atoms with Gasteiger partial charge in [-0.2, -0.15) is 0 Å². The molecule has 0 N–H and O–H groups in total. The second kappa shape index (κ2) is 0.880. The van der Waals surface area contributed by atoms with Gasteiger partial charge in [-0.3, -0.25) is 8.29 Å². The zero-order chi connectivity index (χ0) is 6.53. The SMILES string of the molecule is CS1(C)(C)(C)C[CH]C1. The zero-order valence-corrected chi connectivity index (χ0v) is 7.22. The monoisotopic (exact) mass is 133 g/mol. The van der Waals surface area contributed by atoms with Gasteiger partial charge in [-0.15, -0.1) is 0 Å². The molecular formula is C7H17S. The van der Waals surface area contributed by atoms with Crippen LogP contribution in [0.1, 0.15) is 0 Å². The van der Waals surface area contributed by atoms with Crippen molar-refractivity contribution in [1.82, 2.24) is 0 Å². The molecule has 0 atom stereocenters. The van der Waals surface area contributed by atoms with Gasteiger partial charge in [0.2, 0.25) is 0 Å². The molecule has 8 heavy (non-hydrogen) atoms. The Morgan fingerprint density at radius 3 is 1.25 bits per heavy atom. The van der Waals surface area contributed by atoms with Crippen LogP contribution in [0, 0.1) is 6.42 Å². The zero-order valence-electron chi connectivity index (χ0n) is 6.40. The summed E-state index contributed by atoms with van der Waals surface area (Å²) in [5, 5.41) is 0. The molecule has 0 amide bonds. The Bertz CT molecular complexity index is 113. The summed E-state index contributed by atoms with van der Waals surface area (Å²) in [6.45, 7) is 0. The fourth-order valence-electron chi connectivity index (χ4n) is 1.06. The van der Waals surface area contributed by atoms with Crippen LogP contribution in [0.25, 0.3) is 0 Å². The summed E-state index contributed by atoms with van der Waals surface area (Å²) in [6.07, 6.45) is 12.2. The topological polar surface area (TPSA) is 0 Å². The maximum atomic E-state index is 2.46. The molecule has 1 fully saturated rings. The molecule has 0 nitrogen and oxygen atoms in total. The highest BCUT2D eigenvalue weighted by atomic mass is 32.4. The van der Waals surface area contributed by atoms with E-state index in [4.69, 9.17) is 0 Å². The first-order valence-corrected chi connectivity index (χ1v) is 7.45. The number of hydrogen-bond donors (Lipinski definition) is 0. The van der Waals surface area contributed by atoms with E-state index in [-0.39, 0.29) is 0 Å². The van der Waals surface area contributed by atoms with Gasteiger partial charge in [0.1, 0.15) is 0 Å². The first-order valence-electron chi connectivity index (χ1n) is 3.03. The maximum absolute atomic E-state index is 2.46. The van der Waals surface area contributed by atoms with E-state index >= 15 is 0 Å². The van der Waals surface area contributed by atoms with E-state index in [1.165, 1.54) is 11.5 Å². The maximum Gasteiger partial charge on any atom is -0.0243 e. The van der Waals surface area contributed by atoms with Crippen molar-refractivity contribution in [3.8, 4) is 0 Å². The Morgan fingerprint density at radius 1 is 1.00 bits per heavy atom. The molecule has 0 aliphatic carbocycles. The highest BCUT2D eigenvalue weighted by Gasteiger charge is 2.48. The molecule has 0 saturated carbocycles. The van der Waals surface area contributed by atoms with Crippen LogP contribution < -0.4 is 0 Å². The van der Waals surface area contributed by atoms with Gasteiger partial charge in [0.05, 0.1) is 0 Å². The van der Waals surface area contributed by atoms with Crippen molar-refractivity contribution >= 4 is 8.29 Å². The van der Waals surface area contributed by atoms with Gasteiger partial charge in [0.15, 0.2) is 0 Å². The van der Waals surface area contributed by atoms with Crippen molar-refractivity contribution in [3.63, 3.8) is 0 Å². The van der Waals surface area contributed by atoms with Gasteiger partial charge in [-0.1, -0.05) is 0 Å². The van der Waals surface area contributed by atoms with Gasteiger partial charge in [-0.05, 0) is 42.9 Å². The number of hydrogen-bond acceptors (Lipinski definition) is 0. The van der Waals surface area contributed by atoms with Crippen molar-refractivity contribution in [2.45, 2.75) is 0 Å². The molecule has 1 saturated heterocycles. The van der Waals surface area contributed by atoms with Crippen LogP contribution in [0.3, 0.4) is 0 Å². The molecule has 1 heteroatoms. The quantitative estimate of drug-likeness (QED) is 0.471. The minimum Gasteiger partial charge on any atom is -0.283 e. The van der Waals surface area contributed by atoms with Crippen molar-refractivity contribution in [1.29, 1.82) is 0 Å². The van der Waals surface area contributed by atoms with Crippen LogP contribution >= 0.6 is 8.29 Å². The van der Waals surface area contributed by atoms with Crippen LogP contribution in [-0.2, 0) is 0 Å². The molecule has 0 bridgehead atoms. The first-order chi connectivity index (χ1) is 3.21. The Morgan fingerprint density at radius 2 is 1.25 bits per heavy atom. The van der Waals surface area contributed by atoms with Crippen LogP contribution in [0.15, 0.2) is 0 Å². The van der Waals surface area contributed by atoms with E-state index in [1.807, 2.05) is 0 Å². The molecule has 0 unspecified atom stereocenters.